The predicted molar refractivity (Wildman–Crippen MR) is 90.4 cm³/mol. The summed E-state index contributed by atoms with van der Waals surface area (Å²) in [5.41, 5.74) is 2.14. The Morgan fingerprint density at radius 1 is 1.30 bits per heavy atom. The van der Waals surface area contributed by atoms with Gasteiger partial charge in [0.1, 0.15) is 5.15 Å². The van der Waals surface area contributed by atoms with Gasteiger partial charge in [0.2, 0.25) is 0 Å². The molecule has 0 bridgehead atoms. The van der Waals surface area contributed by atoms with Crippen LogP contribution < -0.4 is 5.32 Å². The predicted octanol–water partition coefficient (Wildman–Crippen LogP) is 4.54. The number of rotatable bonds is 4. The Kier molecular flexibility index (Phi) is 5.37. The Bertz CT molecular complexity index is 614. The molecule has 2 rings (SSSR count). The number of aryl methyl sites for hydroxylation is 1. The molecule has 1 aromatic heterocycles. The molecule has 0 spiro atoms. The van der Waals surface area contributed by atoms with Gasteiger partial charge in [-0.2, -0.15) is 0 Å². The number of pyridine rings is 1. The van der Waals surface area contributed by atoms with Crippen molar-refractivity contribution in [1.82, 2.24) is 4.98 Å². The van der Waals surface area contributed by atoms with Crippen LogP contribution >= 0.6 is 34.2 Å². The molecule has 0 unspecified atom stereocenters. The summed E-state index contributed by atoms with van der Waals surface area (Å²) in [5.74, 6) is -0.173. The summed E-state index contributed by atoms with van der Waals surface area (Å²) in [6.07, 6.45) is 1.77. The van der Waals surface area contributed by atoms with Crippen molar-refractivity contribution in [2.75, 3.05) is 5.32 Å². The van der Waals surface area contributed by atoms with E-state index in [1.54, 1.807) is 12.1 Å². The first-order chi connectivity index (χ1) is 9.58. The number of nitrogens with zero attached hydrogens (tertiary/aromatic N) is 1. The highest BCUT2D eigenvalue weighted by atomic mass is 127. The molecule has 0 saturated carbocycles. The SMILES string of the molecule is CCCc1cc(C(=O)Nc2ccc(I)cc2)cc(Cl)n1. The van der Waals surface area contributed by atoms with E-state index in [-0.39, 0.29) is 5.91 Å². The lowest BCUT2D eigenvalue weighted by Gasteiger charge is -2.07. The molecule has 1 heterocycles. The number of hydrogen-bond donors (Lipinski definition) is 1. The summed E-state index contributed by atoms with van der Waals surface area (Å²) < 4.78 is 1.12. The highest BCUT2D eigenvalue weighted by Crippen LogP contribution is 2.16. The molecule has 20 heavy (non-hydrogen) atoms. The van der Waals surface area contributed by atoms with Crippen molar-refractivity contribution >= 4 is 45.8 Å². The van der Waals surface area contributed by atoms with Crippen LogP contribution in [0.2, 0.25) is 5.15 Å². The number of carbonyl (C=O) groups is 1. The lowest BCUT2D eigenvalue weighted by molar-refractivity contribution is 0.102. The average Bonchev–Trinajstić information content (AvgIpc) is 2.41. The van der Waals surface area contributed by atoms with Gasteiger partial charge in [0.15, 0.2) is 0 Å². The third-order valence-electron chi connectivity index (χ3n) is 2.72. The lowest BCUT2D eigenvalue weighted by atomic mass is 10.1. The van der Waals surface area contributed by atoms with Crippen LogP contribution in [0, 0.1) is 3.57 Å². The highest BCUT2D eigenvalue weighted by molar-refractivity contribution is 14.1. The number of carbonyl (C=O) groups excluding carboxylic acids is 1. The number of amides is 1. The van der Waals surface area contributed by atoms with Crippen molar-refractivity contribution in [1.29, 1.82) is 0 Å². The van der Waals surface area contributed by atoms with Crippen LogP contribution in [0.5, 0.6) is 0 Å². The maximum absolute atomic E-state index is 12.2. The van der Waals surface area contributed by atoms with E-state index in [1.165, 1.54) is 0 Å². The van der Waals surface area contributed by atoms with Gasteiger partial charge in [-0.05, 0) is 65.4 Å². The van der Waals surface area contributed by atoms with Crippen LogP contribution in [0.15, 0.2) is 36.4 Å². The second kappa shape index (κ2) is 7.04. The molecule has 0 aliphatic rings. The summed E-state index contributed by atoms with van der Waals surface area (Å²) in [6, 6.07) is 11.0. The van der Waals surface area contributed by atoms with E-state index in [1.807, 2.05) is 24.3 Å². The van der Waals surface area contributed by atoms with Crippen LogP contribution in [0.3, 0.4) is 0 Å². The quantitative estimate of drug-likeness (QED) is 0.604. The maximum Gasteiger partial charge on any atom is 0.255 e. The van der Waals surface area contributed by atoms with Gasteiger partial charge in [-0.1, -0.05) is 24.9 Å². The third kappa shape index (κ3) is 4.18. The molecule has 1 amide bonds. The Hall–Kier alpha value is -1.14. The topological polar surface area (TPSA) is 42.0 Å². The molecule has 0 aliphatic heterocycles. The Morgan fingerprint density at radius 2 is 2.00 bits per heavy atom. The van der Waals surface area contributed by atoms with E-state index in [9.17, 15) is 4.79 Å². The Morgan fingerprint density at radius 3 is 2.65 bits per heavy atom. The minimum Gasteiger partial charge on any atom is -0.322 e. The minimum absolute atomic E-state index is 0.173. The van der Waals surface area contributed by atoms with E-state index in [0.717, 1.165) is 27.8 Å². The zero-order valence-electron chi connectivity index (χ0n) is 11.0. The summed E-state index contributed by atoms with van der Waals surface area (Å²) in [4.78, 5) is 16.4. The van der Waals surface area contributed by atoms with Gasteiger partial charge in [0, 0.05) is 20.5 Å². The lowest BCUT2D eigenvalue weighted by Crippen LogP contribution is -2.12. The smallest absolute Gasteiger partial charge is 0.255 e. The second-order valence-electron chi connectivity index (χ2n) is 4.38. The molecular weight excluding hydrogens is 387 g/mol. The second-order valence-corrected chi connectivity index (χ2v) is 6.01. The van der Waals surface area contributed by atoms with Gasteiger partial charge in [0.05, 0.1) is 0 Å². The van der Waals surface area contributed by atoms with Crippen LogP contribution in [-0.4, -0.2) is 10.9 Å². The summed E-state index contributed by atoms with van der Waals surface area (Å²) in [5, 5.41) is 3.20. The number of nitrogens with one attached hydrogen (secondary N) is 1. The first kappa shape index (κ1) is 15.3. The number of benzene rings is 1. The molecule has 0 saturated heterocycles. The van der Waals surface area contributed by atoms with Crippen LogP contribution in [-0.2, 0) is 6.42 Å². The zero-order valence-corrected chi connectivity index (χ0v) is 13.9. The number of hydrogen-bond acceptors (Lipinski definition) is 2. The molecule has 0 atom stereocenters. The van der Waals surface area contributed by atoms with Crippen molar-refractivity contribution in [3.63, 3.8) is 0 Å². The van der Waals surface area contributed by atoms with Gasteiger partial charge in [-0.25, -0.2) is 4.98 Å². The standard InChI is InChI=1S/C15H14ClIN2O/c1-2-3-13-8-10(9-14(16)18-13)15(20)19-12-6-4-11(17)5-7-12/h4-9H,2-3H2,1H3,(H,19,20). The van der Waals surface area contributed by atoms with Crippen molar-refractivity contribution < 1.29 is 4.79 Å². The Balaban J connectivity index is 2.18. The molecule has 0 aliphatic carbocycles. The van der Waals surface area contributed by atoms with Crippen molar-refractivity contribution in [2.24, 2.45) is 0 Å². The molecule has 3 nitrogen and oxygen atoms in total. The number of anilines is 1. The van der Waals surface area contributed by atoms with Crippen LogP contribution in [0.1, 0.15) is 29.4 Å². The largest absolute Gasteiger partial charge is 0.322 e. The fourth-order valence-electron chi connectivity index (χ4n) is 1.80. The molecule has 2 aromatic rings. The fourth-order valence-corrected chi connectivity index (χ4v) is 2.39. The monoisotopic (exact) mass is 400 g/mol. The normalized spacial score (nSPS) is 10.3. The molecule has 104 valence electrons. The highest BCUT2D eigenvalue weighted by Gasteiger charge is 2.09. The van der Waals surface area contributed by atoms with Crippen molar-refractivity contribution in [3.8, 4) is 0 Å². The van der Waals surface area contributed by atoms with Gasteiger partial charge >= 0.3 is 0 Å². The molecule has 0 fully saturated rings. The number of halogens is 2. The maximum atomic E-state index is 12.2. The molecule has 5 heteroatoms. The minimum atomic E-state index is -0.173. The van der Waals surface area contributed by atoms with Crippen molar-refractivity contribution in [2.45, 2.75) is 19.8 Å². The zero-order chi connectivity index (χ0) is 14.5. The van der Waals surface area contributed by atoms with Gasteiger partial charge in [-0.3, -0.25) is 4.79 Å². The first-order valence-electron chi connectivity index (χ1n) is 6.32. The number of aromatic nitrogens is 1. The van der Waals surface area contributed by atoms with Gasteiger partial charge in [0.25, 0.3) is 5.91 Å². The molecule has 1 aromatic carbocycles. The van der Waals surface area contributed by atoms with Gasteiger partial charge in [-0.15, -0.1) is 0 Å². The molecular formula is C15H14ClIN2O. The summed E-state index contributed by atoms with van der Waals surface area (Å²) >= 11 is 8.18. The van der Waals surface area contributed by atoms with Crippen LogP contribution in [0.4, 0.5) is 5.69 Å². The van der Waals surface area contributed by atoms with Crippen LogP contribution in [0.25, 0.3) is 0 Å². The fraction of sp³-hybridized carbons (Fsp3) is 0.200. The molecule has 0 radical (unpaired) electrons. The summed E-state index contributed by atoms with van der Waals surface area (Å²) in [7, 11) is 0. The average molecular weight is 401 g/mol. The third-order valence-corrected chi connectivity index (χ3v) is 3.63. The summed E-state index contributed by atoms with van der Waals surface area (Å²) in [6.45, 7) is 2.06. The van der Waals surface area contributed by atoms with E-state index in [2.05, 4.69) is 39.8 Å². The van der Waals surface area contributed by atoms with E-state index in [4.69, 9.17) is 11.6 Å². The first-order valence-corrected chi connectivity index (χ1v) is 7.77. The van der Waals surface area contributed by atoms with E-state index >= 15 is 0 Å². The Labute approximate surface area is 136 Å². The van der Waals surface area contributed by atoms with E-state index < -0.39 is 0 Å². The van der Waals surface area contributed by atoms with E-state index in [0.29, 0.717) is 10.7 Å². The molecule has 1 N–H and O–H groups in total. The van der Waals surface area contributed by atoms with Gasteiger partial charge < -0.3 is 5.32 Å². The van der Waals surface area contributed by atoms with Crippen molar-refractivity contribution in [3.05, 3.63) is 56.4 Å².